The largest absolute Gasteiger partial charge is 0.396 e. The van der Waals surface area contributed by atoms with E-state index in [1.165, 1.54) is 0 Å². The molecule has 84 valence electrons. The highest BCUT2D eigenvalue weighted by Crippen LogP contribution is 2.48. The van der Waals surface area contributed by atoms with Gasteiger partial charge in [-0.2, -0.15) is 8.78 Å². The zero-order valence-corrected chi connectivity index (χ0v) is 8.36. The monoisotopic (exact) mass is 229 g/mol. The first-order valence-electron chi connectivity index (χ1n) is 4.29. The fourth-order valence-corrected chi connectivity index (χ4v) is 1.88. The molecule has 1 aliphatic rings. The fourth-order valence-electron chi connectivity index (χ4n) is 1.25. The minimum atomic E-state index is -4.47. The van der Waals surface area contributed by atoms with Gasteiger partial charge in [-0.25, -0.2) is 13.1 Å². The number of nitrogens with one attached hydrogen (secondary N) is 1. The molecule has 0 aromatic rings. The fraction of sp³-hybridized carbons (Fsp3) is 1.00. The summed E-state index contributed by atoms with van der Waals surface area (Å²) in [4.78, 5) is 0. The Bertz CT molecular complexity index is 287. The van der Waals surface area contributed by atoms with Crippen molar-refractivity contribution in [3.05, 3.63) is 0 Å². The van der Waals surface area contributed by atoms with E-state index in [1.807, 2.05) is 4.72 Å². The average molecular weight is 229 g/mol. The molecule has 0 spiro atoms. The first kappa shape index (κ1) is 11.8. The van der Waals surface area contributed by atoms with Gasteiger partial charge in [-0.15, -0.1) is 0 Å². The van der Waals surface area contributed by atoms with Crippen molar-refractivity contribution < 1.29 is 22.3 Å². The van der Waals surface area contributed by atoms with E-state index in [0.29, 0.717) is 6.42 Å². The molecule has 0 aromatic heterocycles. The molecule has 14 heavy (non-hydrogen) atoms. The van der Waals surface area contributed by atoms with Gasteiger partial charge in [0.05, 0.1) is 0 Å². The summed E-state index contributed by atoms with van der Waals surface area (Å²) >= 11 is 0. The zero-order valence-electron chi connectivity index (χ0n) is 7.54. The topological polar surface area (TPSA) is 66.4 Å². The molecule has 0 unspecified atom stereocenters. The number of aliphatic hydroxyl groups excluding tert-OH is 1. The second-order valence-electron chi connectivity index (χ2n) is 3.60. The molecule has 0 radical (unpaired) electrons. The number of hydrogen-bond acceptors (Lipinski definition) is 3. The maximum atomic E-state index is 11.9. The van der Waals surface area contributed by atoms with Gasteiger partial charge in [0.2, 0.25) is 0 Å². The number of alkyl halides is 2. The Balaban J connectivity index is 2.41. The predicted molar refractivity (Wildman–Crippen MR) is 46.3 cm³/mol. The third-order valence-electron chi connectivity index (χ3n) is 2.48. The van der Waals surface area contributed by atoms with Crippen LogP contribution in [0.2, 0.25) is 0 Å². The van der Waals surface area contributed by atoms with Gasteiger partial charge in [0, 0.05) is 13.2 Å². The van der Waals surface area contributed by atoms with Crippen molar-refractivity contribution in [2.45, 2.75) is 25.0 Å². The highest BCUT2D eigenvalue weighted by atomic mass is 32.2. The van der Waals surface area contributed by atoms with Crippen LogP contribution in [0.15, 0.2) is 0 Å². The Morgan fingerprint density at radius 3 is 2.36 bits per heavy atom. The van der Waals surface area contributed by atoms with Crippen LogP contribution in [0, 0.1) is 5.41 Å². The molecule has 7 heteroatoms. The van der Waals surface area contributed by atoms with Gasteiger partial charge in [0.15, 0.2) is 0 Å². The highest BCUT2D eigenvalue weighted by Gasteiger charge is 2.43. The molecular weight excluding hydrogens is 216 g/mol. The molecule has 4 nitrogen and oxygen atoms in total. The van der Waals surface area contributed by atoms with Gasteiger partial charge in [-0.1, -0.05) is 0 Å². The summed E-state index contributed by atoms with van der Waals surface area (Å²) < 4.78 is 47.0. The van der Waals surface area contributed by atoms with E-state index in [2.05, 4.69) is 0 Å². The standard InChI is InChI=1S/C7H13F2NO3S/c8-6(9)14(12,13)10-5-7(1-2-7)3-4-11/h6,10-11H,1-5H2. The van der Waals surface area contributed by atoms with Gasteiger partial charge in [-0.05, 0) is 24.7 Å². The molecule has 0 atom stereocenters. The Labute approximate surface area is 81.4 Å². The van der Waals surface area contributed by atoms with E-state index in [1.54, 1.807) is 0 Å². The van der Waals surface area contributed by atoms with Gasteiger partial charge in [0.1, 0.15) is 0 Å². The molecular formula is C7H13F2NO3S. The van der Waals surface area contributed by atoms with Crippen molar-refractivity contribution in [1.29, 1.82) is 0 Å². The van der Waals surface area contributed by atoms with Gasteiger partial charge >= 0.3 is 5.76 Å². The lowest BCUT2D eigenvalue weighted by atomic mass is 10.0. The average Bonchev–Trinajstić information content (AvgIpc) is 2.83. The first-order valence-corrected chi connectivity index (χ1v) is 5.84. The van der Waals surface area contributed by atoms with Crippen LogP contribution in [0.4, 0.5) is 8.78 Å². The lowest BCUT2D eigenvalue weighted by Crippen LogP contribution is -2.34. The Hall–Kier alpha value is -0.270. The van der Waals surface area contributed by atoms with Crippen LogP contribution >= 0.6 is 0 Å². The molecule has 1 fully saturated rings. The van der Waals surface area contributed by atoms with Crippen LogP contribution in [0.1, 0.15) is 19.3 Å². The van der Waals surface area contributed by atoms with Crippen molar-refractivity contribution in [3.63, 3.8) is 0 Å². The Morgan fingerprint density at radius 1 is 1.43 bits per heavy atom. The molecule has 0 bridgehead atoms. The van der Waals surface area contributed by atoms with Crippen LogP contribution in [-0.2, 0) is 10.0 Å². The predicted octanol–water partition coefficient (Wildman–Crippen LogP) is 0.291. The SMILES string of the molecule is O=S(=O)(NCC1(CCO)CC1)C(F)F. The lowest BCUT2D eigenvalue weighted by molar-refractivity contribution is 0.228. The molecule has 0 aromatic carbocycles. The van der Waals surface area contributed by atoms with Crippen LogP contribution in [-0.4, -0.2) is 32.4 Å². The molecule has 0 amide bonds. The van der Waals surface area contributed by atoms with Crippen molar-refractivity contribution in [3.8, 4) is 0 Å². The molecule has 1 aliphatic carbocycles. The van der Waals surface area contributed by atoms with E-state index >= 15 is 0 Å². The van der Waals surface area contributed by atoms with E-state index in [0.717, 1.165) is 12.8 Å². The van der Waals surface area contributed by atoms with E-state index < -0.39 is 15.8 Å². The summed E-state index contributed by atoms with van der Waals surface area (Å²) in [7, 11) is -4.47. The Kier molecular flexibility index (Phi) is 3.44. The summed E-state index contributed by atoms with van der Waals surface area (Å²) in [6.45, 7) is -0.0450. The smallest absolute Gasteiger partial charge is 0.350 e. The van der Waals surface area contributed by atoms with Gasteiger partial charge < -0.3 is 5.11 Å². The molecule has 1 saturated carbocycles. The number of aliphatic hydroxyl groups is 1. The molecule has 0 saturated heterocycles. The first-order chi connectivity index (χ1) is 6.42. The maximum absolute atomic E-state index is 11.9. The van der Waals surface area contributed by atoms with Crippen LogP contribution < -0.4 is 4.72 Å². The molecule has 2 N–H and O–H groups in total. The third-order valence-corrected chi connectivity index (χ3v) is 3.50. The minimum absolute atomic E-state index is 0.000231. The summed E-state index contributed by atoms with van der Waals surface area (Å²) in [6.07, 6.45) is 2.01. The van der Waals surface area contributed by atoms with E-state index in [-0.39, 0.29) is 18.6 Å². The van der Waals surface area contributed by atoms with Gasteiger partial charge in [-0.3, -0.25) is 0 Å². The number of rotatable bonds is 6. The number of halogens is 2. The van der Waals surface area contributed by atoms with Crippen molar-refractivity contribution >= 4 is 10.0 Å². The van der Waals surface area contributed by atoms with Crippen molar-refractivity contribution in [2.75, 3.05) is 13.2 Å². The summed E-state index contributed by atoms with van der Waals surface area (Å²) in [5.74, 6) is -3.38. The number of hydrogen-bond donors (Lipinski definition) is 2. The zero-order chi connectivity index (χ0) is 10.8. The molecule has 1 rings (SSSR count). The Morgan fingerprint density at radius 2 is 2.00 bits per heavy atom. The molecule has 0 aliphatic heterocycles. The van der Waals surface area contributed by atoms with Crippen LogP contribution in [0.3, 0.4) is 0 Å². The van der Waals surface area contributed by atoms with E-state index in [4.69, 9.17) is 5.11 Å². The van der Waals surface area contributed by atoms with E-state index in [9.17, 15) is 17.2 Å². The minimum Gasteiger partial charge on any atom is -0.396 e. The van der Waals surface area contributed by atoms with Crippen LogP contribution in [0.5, 0.6) is 0 Å². The quantitative estimate of drug-likeness (QED) is 0.688. The summed E-state index contributed by atoms with van der Waals surface area (Å²) in [6, 6.07) is 0. The summed E-state index contributed by atoms with van der Waals surface area (Å²) in [5.41, 5.74) is -0.281. The normalized spacial score (nSPS) is 20.0. The van der Waals surface area contributed by atoms with Gasteiger partial charge in [0.25, 0.3) is 10.0 Å². The lowest BCUT2D eigenvalue weighted by Gasteiger charge is -2.14. The second kappa shape index (κ2) is 4.08. The highest BCUT2D eigenvalue weighted by molar-refractivity contribution is 7.89. The third kappa shape index (κ3) is 2.86. The molecule has 0 heterocycles. The van der Waals surface area contributed by atoms with Crippen molar-refractivity contribution in [2.24, 2.45) is 5.41 Å². The number of sulfonamides is 1. The summed E-state index contributed by atoms with van der Waals surface area (Å²) in [5, 5.41) is 8.66. The maximum Gasteiger partial charge on any atom is 0.350 e. The van der Waals surface area contributed by atoms with Crippen molar-refractivity contribution in [1.82, 2.24) is 4.72 Å². The second-order valence-corrected chi connectivity index (χ2v) is 5.34. The van der Waals surface area contributed by atoms with Crippen LogP contribution in [0.25, 0.3) is 0 Å².